The summed E-state index contributed by atoms with van der Waals surface area (Å²) in [5, 5.41) is 0. The zero-order chi connectivity index (χ0) is 12.7. The Balaban J connectivity index is 2.74. The van der Waals surface area contributed by atoms with Crippen LogP contribution in [0.3, 0.4) is 0 Å². The van der Waals surface area contributed by atoms with E-state index in [-0.39, 0.29) is 12.5 Å². The smallest absolute Gasteiger partial charge is 0.325 e. The predicted octanol–water partition coefficient (Wildman–Crippen LogP) is 1.43. The van der Waals surface area contributed by atoms with Crippen LogP contribution in [-0.2, 0) is 16.0 Å². The number of likely N-dealkylation sites (N-methyl/N-ethyl adjacent to an activating group) is 1. The Morgan fingerprint density at radius 1 is 1.35 bits per heavy atom. The number of aryl methyl sites for hydroxylation is 1. The predicted molar refractivity (Wildman–Crippen MR) is 65.9 cm³/mol. The fourth-order valence-electron chi connectivity index (χ4n) is 1.47. The van der Waals surface area contributed by atoms with E-state index in [4.69, 9.17) is 4.74 Å². The van der Waals surface area contributed by atoms with Crippen molar-refractivity contribution in [3.8, 4) is 0 Å². The normalized spacial score (nSPS) is 10.1. The molecule has 0 aliphatic carbocycles. The Morgan fingerprint density at radius 2 is 2.12 bits per heavy atom. The highest BCUT2D eigenvalue weighted by atomic mass is 16.5. The summed E-state index contributed by atoms with van der Waals surface area (Å²) in [6, 6.07) is 1.91. The van der Waals surface area contributed by atoms with Crippen molar-refractivity contribution in [2.24, 2.45) is 0 Å². The fraction of sp³-hybridized carbons (Fsp3) is 0.583. The lowest BCUT2D eigenvalue weighted by atomic mass is 10.3. The van der Waals surface area contributed by atoms with Gasteiger partial charge < -0.3 is 9.64 Å². The lowest BCUT2D eigenvalue weighted by molar-refractivity contribution is -0.141. The average Bonchev–Trinajstić information content (AvgIpc) is 2.36. The molecule has 0 saturated carbocycles. The van der Waals surface area contributed by atoms with Gasteiger partial charge >= 0.3 is 5.97 Å². The zero-order valence-electron chi connectivity index (χ0n) is 10.6. The minimum absolute atomic E-state index is 0.227. The van der Waals surface area contributed by atoms with Crippen molar-refractivity contribution in [3.05, 3.63) is 18.1 Å². The van der Waals surface area contributed by atoms with Gasteiger partial charge in [0, 0.05) is 18.3 Å². The minimum atomic E-state index is -0.231. The Hall–Kier alpha value is -1.65. The molecule has 0 N–H and O–H groups in total. The summed E-state index contributed by atoms with van der Waals surface area (Å²) in [6.45, 7) is 7.15. The highest BCUT2D eigenvalue weighted by Gasteiger charge is 2.12. The van der Waals surface area contributed by atoms with Crippen LogP contribution in [0, 0.1) is 0 Å². The van der Waals surface area contributed by atoms with E-state index in [0.29, 0.717) is 13.2 Å². The van der Waals surface area contributed by atoms with Gasteiger partial charge in [-0.25, -0.2) is 9.97 Å². The summed E-state index contributed by atoms with van der Waals surface area (Å²) in [6.07, 6.45) is 2.38. The molecule has 1 heterocycles. The molecule has 1 aromatic rings. The van der Waals surface area contributed by atoms with Crippen LogP contribution in [0.4, 0.5) is 5.82 Å². The van der Waals surface area contributed by atoms with Gasteiger partial charge in [0.15, 0.2) is 0 Å². The monoisotopic (exact) mass is 237 g/mol. The molecule has 0 amide bonds. The van der Waals surface area contributed by atoms with Crippen LogP contribution < -0.4 is 4.90 Å². The van der Waals surface area contributed by atoms with Gasteiger partial charge in [0.05, 0.1) is 6.61 Å². The number of aromatic nitrogens is 2. The first-order chi connectivity index (χ1) is 8.21. The number of hydrogen-bond acceptors (Lipinski definition) is 5. The van der Waals surface area contributed by atoms with Crippen LogP contribution in [0.2, 0.25) is 0 Å². The molecule has 0 radical (unpaired) electrons. The zero-order valence-corrected chi connectivity index (χ0v) is 10.6. The second kappa shape index (κ2) is 6.83. The molecule has 0 aliphatic rings. The molecule has 5 nitrogen and oxygen atoms in total. The lowest BCUT2D eigenvalue weighted by Crippen LogP contribution is -2.31. The number of carbonyl (C=O) groups is 1. The van der Waals surface area contributed by atoms with Gasteiger partial charge in [0.1, 0.15) is 18.7 Å². The second-order valence-corrected chi connectivity index (χ2v) is 3.54. The molecule has 0 spiro atoms. The van der Waals surface area contributed by atoms with E-state index in [2.05, 4.69) is 9.97 Å². The minimum Gasteiger partial charge on any atom is -0.465 e. The van der Waals surface area contributed by atoms with Gasteiger partial charge in [-0.2, -0.15) is 0 Å². The van der Waals surface area contributed by atoms with Gasteiger partial charge in [0.25, 0.3) is 0 Å². The summed E-state index contributed by atoms with van der Waals surface area (Å²) in [5.41, 5.74) is 0.970. The first kappa shape index (κ1) is 13.4. The highest BCUT2D eigenvalue weighted by Crippen LogP contribution is 2.11. The van der Waals surface area contributed by atoms with Crippen LogP contribution >= 0.6 is 0 Å². The van der Waals surface area contributed by atoms with Crippen LogP contribution in [0.15, 0.2) is 12.4 Å². The standard InChI is InChI=1S/C12H19N3O2/c1-4-10-7-11(14-9-13-10)15(5-2)8-12(16)17-6-3/h7,9H,4-6,8H2,1-3H3. The van der Waals surface area contributed by atoms with Gasteiger partial charge in [-0.05, 0) is 20.3 Å². The molecule has 0 unspecified atom stereocenters. The summed E-state index contributed by atoms with van der Waals surface area (Å²) in [4.78, 5) is 21.6. The Kier molecular flexibility index (Phi) is 5.39. The lowest BCUT2D eigenvalue weighted by Gasteiger charge is -2.20. The maximum atomic E-state index is 11.4. The van der Waals surface area contributed by atoms with E-state index in [1.807, 2.05) is 24.8 Å². The molecule has 0 fully saturated rings. The average molecular weight is 237 g/mol. The number of nitrogens with zero attached hydrogens (tertiary/aromatic N) is 3. The third kappa shape index (κ3) is 4.01. The molecule has 0 aliphatic heterocycles. The van der Waals surface area contributed by atoms with E-state index in [1.54, 1.807) is 6.92 Å². The molecule has 0 atom stereocenters. The van der Waals surface area contributed by atoms with Crippen molar-refractivity contribution < 1.29 is 9.53 Å². The molecule has 94 valence electrons. The SMILES string of the molecule is CCOC(=O)CN(CC)c1cc(CC)ncn1. The molecule has 5 heteroatoms. The Morgan fingerprint density at radius 3 is 2.71 bits per heavy atom. The third-order valence-corrected chi connectivity index (χ3v) is 2.40. The maximum Gasteiger partial charge on any atom is 0.325 e. The highest BCUT2D eigenvalue weighted by molar-refractivity contribution is 5.75. The third-order valence-electron chi connectivity index (χ3n) is 2.40. The first-order valence-electron chi connectivity index (χ1n) is 5.92. The summed E-state index contributed by atoms with van der Waals surface area (Å²) < 4.78 is 4.93. The van der Waals surface area contributed by atoms with Crippen molar-refractivity contribution in [2.45, 2.75) is 27.2 Å². The van der Waals surface area contributed by atoms with Crippen LogP contribution in [0.25, 0.3) is 0 Å². The van der Waals surface area contributed by atoms with E-state index < -0.39 is 0 Å². The summed E-state index contributed by atoms with van der Waals surface area (Å²) >= 11 is 0. The quantitative estimate of drug-likeness (QED) is 0.700. The van der Waals surface area contributed by atoms with E-state index in [9.17, 15) is 4.79 Å². The number of carbonyl (C=O) groups excluding carboxylic acids is 1. The van der Waals surface area contributed by atoms with Crippen LogP contribution in [0.1, 0.15) is 26.5 Å². The fourth-order valence-corrected chi connectivity index (χ4v) is 1.47. The van der Waals surface area contributed by atoms with Gasteiger partial charge in [0.2, 0.25) is 0 Å². The summed E-state index contributed by atoms with van der Waals surface area (Å²) in [5.74, 6) is 0.540. The van der Waals surface area contributed by atoms with Crippen molar-refractivity contribution in [1.29, 1.82) is 0 Å². The number of hydrogen-bond donors (Lipinski definition) is 0. The molecule has 0 saturated heterocycles. The van der Waals surface area contributed by atoms with E-state index in [1.165, 1.54) is 6.33 Å². The number of esters is 1. The number of ether oxygens (including phenoxy) is 1. The van der Waals surface area contributed by atoms with Gasteiger partial charge in [-0.15, -0.1) is 0 Å². The molecule has 1 aromatic heterocycles. The Labute approximate surface area is 102 Å². The number of rotatable bonds is 6. The molecule has 0 aromatic carbocycles. The van der Waals surface area contributed by atoms with Gasteiger partial charge in [-0.3, -0.25) is 4.79 Å². The molecular formula is C12H19N3O2. The molecule has 0 bridgehead atoms. The van der Waals surface area contributed by atoms with Crippen molar-refractivity contribution in [2.75, 3.05) is 24.6 Å². The van der Waals surface area contributed by atoms with Crippen LogP contribution in [-0.4, -0.2) is 35.6 Å². The van der Waals surface area contributed by atoms with Crippen molar-refractivity contribution >= 4 is 11.8 Å². The maximum absolute atomic E-state index is 11.4. The van der Waals surface area contributed by atoms with E-state index >= 15 is 0 Å². The second-order valence-electron chi connectivity index (χ2n) is 3.54. The first-order valence-corrected chi connectivity index (χ1v) is 5.92. The summed E-state index contributed by atoms with van der Waals surface area (Å²) in [7, 11) is 0. The van der Waals surface area contributed by atoms with Crippen molar-refractivity contribution in [3.63, 3.8) is 0 Å². The molecule has 1 rings (SSSR count). The number of anilines is 1. The largest absolute Gasteiger partial charge is 0.465 e. The van der Waals surface area contributed by atoms with E-state index in [0.717, 1.165) is 17.9 Å². The van der Waals surface area contributed by atoms with Crippen molar-refractivity contribution in [1.82, 2.24) is 9.97 Å². The van der Waals surface area contributed by atoms with Crippen LogP contribution in [0.5, 0.6) is 0 Å². The van der Waals surface area contributed by atoms with Gasteiger partial charge in [-0.1, -0.05) is 6.92 Å². The topological polar surface area (TPSA) is 55.3 Å². The Bertz CT molecular complexity index is 369. The molecular weight excluding hydrogens is 218 g/mol. The molecule has 17 heavy (non-hydrogen) atoms.